The van der Waals surface area contributed by atoms with Gasteiger partial charge in [-0.05, 0) is 97.9 Å². The molecule has 0 saturated carbocycles. The molecule has 2 nitrogen and oxygen atoms in total. The number of aryl methyl sites for hydroxylation is 1. The van der Waals surface area contributed by atoms with Crippen molar-refractivity contribution in [3.05, 3.63) is 199 Å². The van der Waals surface area contributed by atoms with Crippen molar-refractivity contribution in [1.82, 2.24) is 0 Å². The van der Waals surface area contributed by atoms with Crippen LogP contribution in [0.5, 0.6) is 0 Å². The third-order valence-corrected chi connectivity index (χ3v) is 12.6. The highest BCUT2D eigenvalue weighted by molar-refractivity contribution is 7.00. The monoisotopic (exact) mass is 774 g/mol. The van der Waals surface area contributed by atoms with Gasteiger partial charge in [0, 0.05) is 39.4 Å². The van der Waals surface area contributed by atoms with Crippen LogP contribution in [0.4, 0.5) is 34.1 Å². The Hall–Kier alpha value is -6.58. The maximum absolute atomic E-state index is 2.63. The number of nitrogens with zero attached hydrogens (tertiary/aromatic N) is 2. The summed E-state index contributed by atoms with van der Waals surface area (Å²) >= 11 is 0. The van der Waals surface area contributed by atoms with Gasteiger partial charge in [-0.3, -0.25) is 0 Å². The first-order chi connectivity index (χ1) is 29.0. The first kappa shape index (κ1) is 37.7. The molecular weight excluding hydrogens is 723 g/mol. The molecule has 2 aliphatic rings. The smallest absolute Gasteiger partial charge is 0.252 e. The Morgan fingerprint density at radius 3 is 1.28 bits per heavy atom. The van der Waals surface area contributed by atoms with Gasteiger partial charge in [-0.25, -0.2) is 0 Å². The lowest BCUT2D eigenvalue weighted by molar-refractivity contribution is 0.590. The average molecular weight is 775 g/mol. The van der Waals surface area contributed by atoms with Gasteiger partial charge in [0.2, 0.25) is 0 Å². The zero-order valence-electron chi connectivity index (χ0n) is 35.8. The van der Waals surface area contributed by atoms with Crippen molar-refractivity contribution >= 4 is 57.2 Å². The first-order valence-corrected chi connectivity index (χ1v) is 21.4. The van der Waals surface area contributed by atoms with Gasteiger partial charge in [-0.2, -0.15) is 0 Å². The van der Waals surface area contributed by atoms with Crippen molar-refractivity contribution in [2.45, 2.75) is 59.3 Å². The number of hydrogen-bond donors (Lipinski definition) is 0. The topological polar surface area (TPSA) is 6.48 Å². The number of hydrogen-bond acceptors (Lipinski definition) is 2. The van der Waals surface area contributed by atoms with Crippen LogP contribution in [0.3, 0.4) is 0 Å². The molecule has 3 heteroatoms. The fraction of sp³-hybridized carbons (Fsp3) is 0.158. The van der Waals surface area contributed by atoms with E-state index < -0.39 is 0 Å². The summed E-state index contributed by atoms with van der Waals surface area (Å²) in [5.41, 5.74) is 22.3. The van der Waals surface area contributed by atoms with Gasteiger partial charge in [0.25, 0.3) is 6.71 Å². The van der Waals surface area contributed by atoms with E-state index >= 15 is 0 Å². The lowest BCUT2D eigenvalue weighted by Crippen LogP contribution is -2.61. The molecule has 0 N–H and O–H groups in total. The molecule has 0 amide bonds. The van der Waals surface area contributed by atoms with Crippen molar-refractivity contribution in [3.63, 3.8) is 0 Å². The Labute approximate surface area is 356 Å². The second-order valence-corrected chi connectivity index (χ2v) is 18.7. The van der Waals surface area contributed by atoms with Crippen LogP contribution in [0.15, 0.2) is 182 Å². The second-order valence-electron chi connectivity index (χ2n) is 18.7. The Bertz CT molecular complexity index is 2840. The molecule has 0 bridgehead atoms. The molecule has 0 unspecified atom stereocenters. The molecule has 0 fully saturated rings. The summed E-state index contributed by atoms with van der Waals surface area (Å²) in [7, 11) is 0. The van der Waals surface area contributed by atoms with Crippen molar-refractivity contribution in [1.29, 1.82) is 0 Å². The van der Waals surface area contributed by atoms with Gasteiger partial charge in [0.1, 0.15) is 0 Å². The molecule has 0 aliphatic carbocycles. The standard InChI is InChI=1S/C57H51BN2/c1-38-34-52-54-53(35-38)60(55-45(40-22-13-9-14-23-40)27-19-28-46(55)41-24-15-10-16-25-41)51-37-43(57(5,6)7)31-33-48(51)58(54)47-32-30-42(56(2,3)4)36-50(47)59(52)49-29-18-17-26-44(49)39-20-11-8-12-21-39/h8-37H,1-7H3. The fourth-order valence-electron chi connectivity index (χ4n) is 9.58. The third kappa shape index (κ3) is 6.27. The van der Waals surface area contributed by atoms with Crippen LogP contribution in [0.2, 0.25) is 0 Å². The minimum atomic E-state index is -0.0516. The minimum Gasteiger partial charge on any atom is -0.311 e. The average Bonchev–Trinajstić information content (AvgIpc) is 3.26. The van der Waals surface area contributed by atoms with Crippen LogP contribution in [-0.4, -0.2) is 6.71 Å². The van der Waals surface area contributed by atoms with E-state index in [1.54, 1.807) is 0 Å². The molecule has 10 rings (SSSR count). The molecule has 60 heavy (non-hydrogen) atoms. The molecule has 0 atom stereocenters. The minimum absolute atomic E-state index is 0.0177. The summed E-state index contributed by atoms with van der Waals surface area (Å²) in [5, 5.41) is 0. The Morgan fingerprint density at radius 2 is 0.783 bits per heavy atom. The van der Waals surface area contributed by atoms with Crippen molar-refractivity contribution in [3.8, 4) is 33.4 Å². The van der Waals surface area contributed by atoms with Crippen molar-refractivity contribution < 1.29 is 0 Å². The fourth-order valence-corrected chi connectivity index (χ4v) is 9.58. The zero-order chi connectivity index (χ0) is 41.3. The van der Waals surface area contributed by atoms with Gasteiger partial charge >= 0.3 is 0 Å². The van der Waals surface area contributed by atoms with Gasteiger partial charge in [0.05, 0.1) is 11.4 Å². The first-order valence-electron chi connectivity index (χ1n) is 21.4. The molecule has 0 spiro atoms. The van der Waals surface area contributed by atoms with Crippen molar-refractivity contribution in [2.75, 3.05) is 9.80 Å². The number of benzene rings is 8. The SMILES string of the molecule is Cc1cc2c3c(c1)N(c1c(-c4ccccc4)cccc1-c1ccccc1)c1cc(C(C)(C)C)ccc1B3c1ccc(C(C)(C)C)cc1N2c1ccccc1-c1ccccc1. The molecule has 0 saturated heterocycles. The molecule has 2 heterocycles. The van der Waals surface area contributed by atoms with Crippen LogP contribution in [0.25, 0.3) is 33.4 Å². The highest BCUT2D eigenvalue weighted by Gasteiger charge is 2.45. The molecule has 292 valence electrons. The Morgan fingerprint density at radius 1 is 0.367 bits per heavy atom. The third-order valence-electron chi connectivity index (χ3n) is 12.6. The predicted molar refractivity (Wildman–Crippen MR) is 259 cm³/mol. The van der Waals surface area contributed by atoms with Crippen LogP contribution in [0.1, 0.15) is 58.2 Å². The Balaban J connectivity index is 1.35. The summed E-state index contributed by atoms with van der Waals surface area (Å²) in [5.74, 6) is 0. The normalized spacial score (nSPS) is 13.2. The molecular formula is C57H51BN2. The van der Waals surface area contributed by atoms with E-state index in [0.717, 1.165) is 0 Å². The molecule has 8 aromatic carbocycles. The summed E-state index contributed by atoms with van der Waals surface area (Å²) in [6.45, 7) is 16.3. The molecule has 2 aliphatic heterocycles. The maximum Gasteiger partial charge on any atom is 0.252 e. The number of anilines is 6. The lowest BCUT2D eigenvalue weighted by Gasteiger charge is -2.46. The van der Waals surface area contributed by atoms with Gasteiger partial charge in [-0.1, -0.05) is 193 Å². The van der Waals surface area contributed by atoms with E-state index in [4.69, 9.17) is 0 Å². The quantitative estimate of drug-likeness (QED) is 0.161. The molecule has 0 radical (unpaired) electrons. The lowest BCUT2D eigenvalue weighted by atomic mass is 9.33. The van der Waals surface area contributed by atoms with Gasteiger partial charge in [0.15, 0.2) is 0 Å². The summed E-state index contributed by atoms with van der Waals surface area (Å²) in [6.07, 6.45) is 0. The van der Waals surface area contributed by atoms with E-state index in [-0.39, 0.29) is 17.5 Å². The van der Waals surface area contributed by atoms with E-state index in [2.05, 4.69) is 240 Å². The van der Waals surface area contributed by atoms with Gasteiger partial charge < -0.3 is 9.80 Å². The van der Waals surface area contributed by atoms with Gasteiger partial charge in [-0.15, -0.1) is 0 Å². The van der Waals surface area contributed by atoms with Crippen molar-refractivity contribution in [2.24, 2.45) is 0 Å². The van der Waals surface area contributed by atoms with E-state index in [0.29, 0.717) is 0 Å². The van der Waals surface area contributed by atoms with Crippen LogP contribution in [-0.2, 0) is 10.8 Å². The maximum atomic E-state index is 2.63. The Kier molecular flexibility index (Phi) is 8.99. The van der Waals surface area contributed by atoms with E-state index in [1.165, 1.54) is 101 Å². The molecule has 0 aromatic heterocycles. The number of rotatable bonds is 5. The van der Waals surface area contributed by atoms with Crippen LogP contribution < -0.4 is 26.2 Å². The highest BCUT2D eigenvalue weighted by atomic mass is 15.2. The zero-order valence-corrected chi connectivity index (χ0v) is 35.8. The predicted octanol–water partition coefficient (Wildman–Crippen LogP) is 13.7. The van der Waals surface area contributed by atoms with Crippen LogP contribution >= 0.6 is 0 Å². The second kappa shape index (κ2) is 14.3. The highest BCUT2D eigenvalue weighted by Crippen LogP contribution is 2.51. The largest absolute Gasteiger partial charge is 0.311 e. The summed E-state index contributed by atoms with van der Waals surface area (Å²) in [6, 6.07) is 68.1. The van der Waals surface area contributed by atoms with E-state index in [9.17, 15) is 0 Å². The summed E-state index contributed by atoms with van der Waals surface area (Å²) < 4.78 is 0. The summed E-state index contributed by atoms with van der Waals surface area (Å²) in [4.78, 5) is 5.22. The van der Waals surface area contributed by atoms with E-state index in [1.807, 2.05) is 0 Å². The van der Waals surface area contributed by atoms with Crippen LogP contribution in [0, 0.1) is 6.92 Å². The molecule has 8 aromatic rings. The number of para-hydroxylation sites is 2. The number of fused-ring (bicyclic) bond motifs is 4.